The first-order valence-electron chi connectivity index (χ1n) is 7.23. The third kappa shape index (κ3) is 5.18. The Bertz CT molecular complexity index is 849. The van der Waals surface area contributed by atoms with Crippen LogP contribution < -0.4 is 16.3 Å². The molecule has 10 nitrogen and oxygen atoms in total. The smallest absolute Gasteiger partial charge is 0.330 e. The molecule has 0 aromatic carbocycles. The molecular weight excluding hydrogens is 373 g/mol. The molecule has 1 aromatic heterocycles. The Morgan fingerprint density at radius 1 is 1.56 bits per heavy atom. The van der Waals surface area contributed by atoms with Crippen molar-refractivity contribution in [2.75, 3.05) is 6.61 Å². The molecule has 138 valence electrons. The van der Waals surface area contributed by atoms with Gasteiger partial charge in [-0.25, -0.2) is 9.88 Å². The highest BCUT2D eigenvalue weighted by Gasteiger charge is 2.26. The topological polar surface area (TPSA) is 143 Å². The first-order valence-corrected chi connectivity index (χ1v) is 9.90. The van der Waals surface area contributed by atoms with Crippen LogP contribution in [0.1, 0.15) is 18.7 Å². The third-order valence-corrected chi connectivity index (χ3v) is 5.21. The number of aryl methyl sites for hydroxylation is 1. The van der Waals surface area contributed by atoms with Crippen molar-refractivity contribution in [3.63, 3.8) is 0 Å². The second kappa shape index (κ2) is 7.73. The van der Waals surface area contributed by atoms with Crippen LogP contribution in [0.5, 0.6) is 0 Å². The molecule has 1 aromatic rings. The van der Waals surface area contributed by atoms with Gasteiger partial charge in [0.1, 0.15) is 12.1 Å². The van der Waals surface area contributed by atoms with Crippen molar-refractivity contribution in [1.82, 2.24) is 14.6 Å². The van der Waals surface area contributed by atoms with Crippen molar-refractivity contribution in [2.24, 2.45) is 0 Å². The predicted octanol–water partition coefficient (Wildman–Crippen LogP) is -0.405. The highest BCUT2D eigenvalue weighted by Crippen LogP contribution is 2.38. The summed E-state index contributed by atoms with van der Waals surface area (Å²) < 4.78 is 12.0. The molecule has 4 atom stereocenters. The summed E-state index contributed by atoms with van der Waals surface area (Å²) in [5.41, 5.74) is -0.729. The summed E-state index contributed by atoms with van der Waals surface area (Å²) >= 11 is 4.84. The van der Waals surface area contributed by atoms with Crippen LogP contribution in [0.15, 0.2) is 27.9 Å². The number of carbonyl (C=O) groups is 1. The normalized spacial score (nSPS) is 23.3. The summed E-state index contributed by atoms with van der Waals surface area (Å²) in [6.45, 7) is -0.736. The van der Waals surface area contributed by atoms with E-state index < -0.39 is 42.2 Å². The number of carboxylic acids is 1. The molecule has 2 rings (SSSR count). The van der Waals surface area contributed by atoms with Gasteiger partial charge in [0.2, 0.25) is 0 Å². The van der Waals surface area contributed by atoms with Crippen LogP contribution >= 0.6 is 6.64 Å². The highest BCUT2D eigenvalue weighted by atomic mass is 32.5. The zero-order valence-electron chi connectivity index (χ0n) is 13.4. The molecule has 1 aliphatic heterocycles. The first-order chi connectivity index (χ1) is 11.6. The number of carboxylic acid groups (broad SMARTS) is 1. The van der Waals surface area contributed by atoms with Crippen LogP contribution in [-0.2, 0) is 25.9 Å². The molecule has 25 heavy (non-hydrogen) atoms. The van der Waals surface area contributed by atoms with Crippen LogP contribution in [0.3, 0.4) is 0 Å². The quantitative estimate of drug-likeness (QED) is 0.360. The lowest BCUT2D eigenvalue weighted by Crippen LogP contribution is -2.34. The average Bonchev–Trinajstić information content (AvgIpc) is 2.97. The standard InChI is InChI=1S/C13H18N3O7PS/c1-7-5-16(13(20)14-11(7)17)10-4-3-9(23-10)6-22-24(21,25)15-8(2)12(18)19/h3-5,8-10H,6H2,1-2H3,(H,18,19)(H,14,17,20)(H2,15,21,25)/t8?,9-,10+,24?/m0/s1. The zero-order valence-corrected chi connectivity index (χ0v) is 15.1. The Hall–Kier alpha value is -1.62. The number of aliphatic carboxylic acids is 1. The molecule has 0 radical (unpaired) electrons. The summed E-state index contributed by atoms with van der Waals surface area (Å²) in [7, 11) is 0. The molecule has 0 bridgehead atoms. The Morgan fingerprint density at radius 3 is 2.88 bits per heavy atom. The highest BCUT2D eigenvalue weighted by molar-refractivity contribution is 8.08. The van der Waals surface area contributed by atoms with Gasteiger partial charge in [-0.05, 0) is 31.7 Å². The minimum absolute atomic E-state index is 0.128. The minimum Gasteiger partial charge on any atom is -0.480 e. The lowest BCUT2D eigenvalue weighted by atomic mass is 10.3. The fourth-order valence-electron chi connectivity index (χ4n) is 2.03. The summed E-state index contributed by atoms with van der Waals surface area (Å²) in [6.07, 6.45) is 3.26. The Labute approximate surface area is 147 Å². The number of nitrogens with zero attached hydrogens (tertiary/aromatic N) is 1. The van der Waals surface area contributed by atoms with Gasteiger partial charge < -0.3 is 19.3 Å². The monoisotopic (exact) mass is 391 g/mol. The van der Waals surface area contributed by atoms with Crippen LogP contribution in [-0.4, -0.2) is 44.3 Å². The fraction of sp³-hybridized carbons (Fsp3) is 0.462. The Balaban J connectivity index is 1.96. The third-order valence-electron chi connectivity index (χ3n) is 3.37. The summed E-state index contributed by atoms with van der Waals surface area (Å²) in [4.78, 5) is 46.1. The van der Waals surface area contributed by atoms with E-state index in [1.54, 1.807) is 19.1 Å². The second-order valence-electron chi connectivity index (χ2n) is 5.43. The largest absolute Gasteiger partial charge is 0.480 e. The number of aromatic nitrogens is 2. The molecular formula is C13H18N3O7PS. The van der Waals surface area contributed by atoms with Gasteiger partial charge in [-0.2, -0.15) is 0 Å². The van der Waals surface area contributed by atoms with E-state index in [4.69, 9.17) is 26.2 Å². The number of nitrogens with one attached hydrogen (secondary N) is 2. The van der Waals surface area contributed by atoms with E-state index in [0.717, 1.165) is 0 Å². The van der Waals surface area contributed by atoms with Gasteiger partial charge >= 0.3 is 11.7 Å². The molecule has 1 aliphatic rings. The van der Waals surface area contributed by atoms with Crippen LogP contribution in [0, 0.1) is 6.92 Å². The molecule has 0 aliphatic carbocycles. The number of hydrogen-bond donors (Lipinski definition) is 4. The predicted molar refractivity (Wildman–Crippen MR) is 91.8 cm³/mol. The SMILES string of the molecule is Cc1cn([C@H]2C=C[C@@H](COP(O)(=S)NC(C)C(=O)O)O2)c(=O)[nH]c1=O. The van der Waals surface area contributed by atoms with Crippen molar-refractivity contribution in [3.05, 3.63) is 44.8 Å². The minimum atomic E-state index is -3.50. The Morgan fingerprint density at radius 2 is 2.24 bits per heavy atom. The van der Waals surface area contributed by atoms with E-state index in [2.05, 4.69) is 10.1 Å². The number of ether oxygens (including phenoxy) is 1. The molecule has 4 N–H and O–H groups in total. The lowest BCUT2D eigenvalue weighted by molar-refractivity contribution is -0.138. The zero-order chi connectivity index (χ0) is 18.8. The Kier molecular flexibility index (Phi) is 6.09. The summed E-state index contributed by atoms with van der Waals surface area (Å²) in [6, 6.07) is -1.06. The van der Waals surface area contributed by atoms with E-state index in [1.165, 1.54) is 17.7 Å². The molecule has 0 amide bonds. The maximum Gasteiger partial charge on any atom is 0.330 e. The van der Waals surface area contributed by atoms with Crippen molar-refractivity contribution >= 4 is 24.4 Å². The lowest BCUT2D eigenvalue weighted by Gasteiger charge is -2.22. The molecule has 12 heteroatoms. The van der Waals surface area contributed by atoms with Crippen molar-refractivity contribution in [2.45, 2.75) is 32.2 Å². The van der Waals surface area contributed by atoms with Crippen LogP contribution in [0.25, 0.3) is 0 Å². The van der Waals surface area contributed by atoms with Crippen molar-refractivity contribution in [1.29, 1.82) is 0 Å². The summed E-state index contributed by atoms with van der Waals surface area (Å²) in [5.74, 6) is -1.17. The van der Waals surface area contributed by atoms with E-state index in [9.17, 15) is 19.3 Å². The molecule has 0 fully saturated rings. The van der Waals surface area contributed by atoms with E-state index >= 15 is 0 Å². The number of H-pyrrole nitrogens is 1. The molecule has 0 saturated carbocycles. The van der Waals surface area contributed by atoms with E-state index in [0.29, 0.717) is 5.56 Å². The van der Waals surface area contributed by atoms with E-state index in [-0.39, 0.29) is 6.61 Å². The van der Waals surface area contributed by atoms with Gasteiger partial charge in [-0.15, -0.1) is 0 Å². The van der Waals surface area contributed by atoms with Gasteiger partial charge in [-0.3, -0.25) is 19.1 Å². The number of rotatable bonds is 7. The van der Waals surface area contributed by atoms with Gasteiger partial charge in [0.15, 0.2) is 6.23 Å². The van der Waals surface area contributed by atoms with Crippen molar-refractivity contribution in [3.8, 4) is 0 Å². The maximum atomic E-state index is 11.8. The van der Waals surface area contributed by atoms with Crippen LogP contribution in [0.4, 0.5) is 0 Å². The molecule has 0 spiro atoms. The maximum absolute atomic E-state index is 11.8. The van der Waals surface area contributed by atoms with Crippen LogP contribution in [0.2, 0.25) is 0 Å². The van der Waals surface area contributed by atoms with Gasteiger partial charge in [0, 0.05) is 11.8 Å². The number of hydrogen-bond acceptors (Lipinski definition) is 6. The summed E-state index contributed by atoms with van der Waals surface area (Å²) in [5, 5.41) is 11.1. The van der Waals surface area contributed by atoms with Crippen molar-refractivity contribution < 1.29 is 24.1 Å². The van der Waals surface area contributed by atoms with E-state index in [1.807, 2.05) is 0 Å². The van der Waals surface area contributed by atoms with Gasteiger partial charge in [0.25, 0.3) is 12.2 Å². The fourth-order valence-corrected chi connectivity index (χ4v) is 3.71. The molecule has 0 saturated heterocycles. The van der Waals surface area contributed by atoms with Gasteiger partial charge in [-0.1, -0.05) is 6.08 Å². The number of aromatic amines is 1. The second-order valence-corrected chi connectivity index (χ2v) is 8.48. The molecule has 2 heterocycles. The first kappa shape index (κ1) is 19.7. The van der Waals surface area contributed by atoms with Gasteiger partial charge in [0.05, 0.1) is 6.61 Å². The molecule has 2 unspecified atom stereocenters. The average molecular weight is 391 g/mol.